The van der Waals surface area contributed by atoms with Crippen LogP contribution in [0.2, 0.25) is 0 Å². The van der Waals surface area contributed by atoms with Crippen molar-refractivity contribution in [2.24, 2.45) is 11.7 Å². The molecule has 0 heterocycles. The fourth-order valence-electron chi connectivity index (χ4n) is 2.63. The molecule has 1 fully saturated rings. The summed E-state index contributed by atoms with van der Waals surface area (Å²) in [6.45, 7) is 4.31. The molecule has 1 aromatic carbocycles. The van der Waals surface area contributed by atoms with Gasteiger partial charge in [-0.25, -0.2) is 0 Å². The monoisotopic (exact) mass is 292 g/mol. The number of hydrogen-bond donors (Lipinski definition) is 2. The molecule has 2 rings (SSSR count). The van der Waals surface area contributed by atoms with Gasteiger partial charge in [-0.1, -0.05) is 32.4 Å². The molecule has 1 aliphatic carbocycles. The summed E-state index contributed by atoms with van der Waals surface area (Å²) in [5.41, 5.74) is 6.89. The minimum atomic E-state index is 0.0656. The average Bonchev–Trinajstić information content (AvgIpc) is 2.40. The molecule has 2 unspecified atom stereocenters. The van der Waals surface area contributed by atoms with Gasteiger partial charge < -0.3 is 11.1 Å². The van der Waals surface area contributed by atoms with Gasteiger partial charge in [-0.15, -0.1) is 11.8 Å². The number of nitrogens with two attached hydrogens (primary N) is 1. The zero-order valence-electron chi connectivity index (χ0n) is 12.3. The lowest BCUT2D eigenvalue weighted by Crippen LogP contribution is -2.34. The van der Waals surface area contributed by atoms with Gasteiger partial charge in [0.15, 0.2) is 0 Å². The quantitative estimate of drug-likeness (QED) is 0.833. The normalized spacial score (nSPS) is 22.8. The van der Waals surface area contributed by atoms with E-state index in [1.807, 2.05) is 18.2 Å². The lowest BCUT2D eigenvalue weighted by atomic mass is 9.85. The second-order valence-corrected chi connectivity index (χ2v) is 7.39. The lowest BCUT2D eigenvalue weighted by Gasteiger charge is -2.26. The van der Waals surface area contributed by atoms with Crippen LogP contribution in [0.1, 0.15) is 39.5 Å². The Morgan fingerprint density at radius 1 is 1.35 bits per heavy atom. The van der Waals surface area contributed by atoms with E-state index in [1.54, 1.807) is 11.8 Å². The van der Waals surface area contributed by atoms with Gasteiger partial charge in [0.2, 0.25) is 5.91 Å². The van der Waals surface area contributed by atoms with Gasteiger partial charge in [0.05, 0.1) is 5.69 Å². The average molecular weight is 292 g/mol. The summed E-state index contributed by atoms with van der Waals surface area (Å²) in [5.74, 6) is 0.188. The van der Waals surface area contributed by atoms with Crippen LogP contribution in [-0.4, -0.2) is 17.2 Å². The number of benzene rings is 1. The Bertz CT molecular complexity index is 462. The first-order valence-electron chi connectivity index (χ1n) is 7.38. The molecule has 1 saturated carbocycles. The molecule has 3 N–H and O–H groups in total. The van der Waals surface area contributed by atoms with Gasteiger partial charge in [-0.2, -0.15) is 0 Å². The Balaban J connectivity index is 2.03. The van der Waals surface area contributed by atoms with E-state index in [4.69, 9.17) is 5.73 Å². The van der Waals surface area contributed by atoms with Crippen LogP contribution in [-0.2, 0) is 4.79 Å². The summed E-state index contributed by atoms with van der Waals surface area (Å²) >= 11 is 1.77. The van der Waals surface area contributed by atoms with Crippen molar-refractivity contribution in [3.63, 3.8) is 0 Å². The number of carbonyl (C=O) groups is 1. The van der Waals surface area contributed by atoms with E-state index in [0.717, 1.165) is 36.3 Å². The molecule has 1 aromatic rings. The first kappa shape index (κ1) is 15.4. The molecular formula is C16H24N2OS. The van der Waals surface area contributed by atoms with Gasteiger partial charge in [0.1, 0.15) is 0 Å². The minimum Gasteiger partial charge on any atom is -0.328 e. The second-order valence-electron chi connectivity index (χ2n) is 5.78. The highest BCUT2D eigenvalue weighted by Crippen LogP contribution is 2.31. The molecule has 0 radical (unpaired) electrons. The fourth-order valence-corrected chi connectivity index (χ4v) is 3.54. The van der Waals surface area contributed by atoms with Gasteiger partial charge in [-0.3, -0.25) is 4.79 Å². The minimum absolute atomic E-state index is 0.0656. The van der Waals surface area contributed by atoms with Crippen LogP contribution in [0.25, 0.3) is 0 Å². The lowest BCUT2D eigenvalue weighted by molar-refractivity contribution is -0.120. The molecule has 0 saturated heterocycles. The SMILES string of the molecule is CC(C)Sc1ccccc1NC(=O)C1CCCC(N)C1. The van der Waals surface area contributed by atoms with E-state index in [-0.39, 0.29) is 17.9 Å². The molecule has 20 heavy (non-hydrogen) atoms. The first-order chi connectivity index (χ1) is 9.56. The molecule has 0 spiro atoms. The summed E-state index contributed by atoms with van der Waals surface area (Å²) in [4.78, 5) is 13.5. The maximum atomic E-state index is 12.4. The fraction of sp³-hybridized carbons (Fsp3) is 0.562. The van der Waals surface area contributed by atoms with Crippen LogP contribution in [0.3, 0.4) is 0 Å². The third-order valence-electron chi connectivity index (χ3n) is 3.59. The van der Waals surface area contributed by atoms with E-state index in [9.17, 15) is 4.79 Å². The highest BCUT2D eigenvalue weighted by atomic mass is 32.2. The van der Waals surface area contributed by atoms with E-state index in [2.05, 4.69) is 25.2 Å². The van der Waals surface area contributed by atoms with Crippen LogP contribution in [0.15, 0.2) is 29.2 Å². The van der Waals surface area contributed by atoms with Gasteiger partial charge >= 0.3 is 0 Å². The van der Waals surface area contributed by atoms with Crippen molar-refractivity contribution in [3.8, 4) is 0 Å². The number of carbonyl (C=O) groups excluding carboxylic acids is 1. The second kappa shape index (κ2) is 7.14. The third-order valence-corrected chi connectivity index (χ3v) is 4.67. The Morgan fingerprint density at radius 3 is 2.80 bits per heavy atom. The van der Waals surface area contributed by atoms with Crippen molar-refractivity contribution in [1.29, 1.82) is 0 Å². The van der Waals surface area contributed by atoms with E-state index in [0.29, 0.717) is 5.25 Å². The van der Waals surface area contributed by atoms with Crippen LogP contribution >= 0.6 is 11.8 Å². The van der Waals surface area contributed by atoms with Crippen LogP contribution < -0.4 is 11.1 Å². The summed E-state index contributed by atoms with van der Waals surface area (Å²) in [5, 5.41) is 3.59. The maximum Gasteiger partial charge on any atom is 0.227 e. The first-order valence-corrected chi connectivity index (χ1v) is 8.26. The van der Waals surface area contributed by atoms with Crippen LogP contribution in [0, 0.1) is 5.92 Å². The van der Waals surface area contributed by atoms with Gasteiger partial charge in [-0.05, 0) is 31.4 Å². The highest BCUT2D eigenvalue weighted by molar-refractivity contribution is 8.00. The van der Waals surface area contributed by atoms with Crippen molar-refractivity contribution in [1.82, 2.24) is 0 Å². The summed E-state index contributed by atoms with van der Waals surface area (Å²) in [6.07, 6.45) is 3.87. The molecule has 1 amide bonds. The molecule has 3 nitrogen and oxygen atoms in total. The molecule has 4 heteroatoms. The molecule has 2 atom stereocenters. The van der Waals surface area contributed by atoms with Crippen LogP contribution in [0.4, 0.5) is 5.69 Å². The predicted molar refractivity (Wildman–Crippen MR) is 86.0 cm³/mol. The Morgan fingerprint density at radius 2 is 2.10 bits per heavy atom. The largest absolute Gasteiger partial charge is 0.328 e. The standard InChI is InChI=1S/C16H24N2OS/c1-11(2)20-15-9-4-3-8-14(15)18-16(19)12-6-5-7-13(17)10-12/h3-4,8-9,11-13H,5-7,10,17H2,1-2H3,(H,18,19). The summed E-state index contributed by atoms with van der Waals surface area (Å²) in [7, 11) is 0. The zero-order chi connectivity index (χ0) is 14.5. The number of amides is 1. The van der Waals surface area contributed by atoms with E-state index in [1.165, 1.54) is 0 Å². The Kier molecular flexibility index (Phi) is 5.49. The summed E-state index contributed by atoms with van der Waals surface area (Å²) in [6, 6.07) is 8.20. The van der Waals surface area contributed by atoms with Gasteiger partial charge in [0.25, 0.3) is 0 Å². The predicted octanol–water partition coefficient (Wildman–Crippen LogP) is 3.64. The molecule has 0 aromatic heterocycles. The van der Waals surface area contributed by atoms with Gasteiger partial charge in [0, 0.05) is 22.1 Å². The smallest absolute Gasteiger partial charge is 0.227 e. The Labute approximate surface area is 125 Å². The molecular weight excluding hydrogens is 268 g/mol. The number of rotatable bonds is 4. The van der Waals surface area contributed by atoms with Crippen molar-refractivity contribution >= 4 is 23.4 Å². The molecule has 0 aliphatic heterocycles. The van der Waals surface area contributed by atoms with Crippen molar-refractivity contribution in [3.05, 3.63) is 24.3 Å². The van der Waals surface area contributed by atoms with Crippen molar-refractivity contribution < 1.29 is 4.79 Å². The van der Waals surface area contributed by atoms with E-state index >= 15 is 0 Å². The number of anilines is 1. The van der Waals surface area contributed by atoms with Crippen LogP contribution in [0.5, 0.6) is 0 Å². The molecule has 1 aliphatic rings. The third kappa shape index (κ3) is 4.25. The maximum absolute atomic E-state index is 12.4. The number of thioether (sulfide) groups is 1. The van der Waals surface area contributed by atoms with Crippen molar-refractivity contribution in [2.45, 2.75) is 55.7 Å². The Hall–Kier alpha value is -1.00. The summed E-state index contributed by atoms with van der Waals surface area (Å²) < 4.78 is 0. The number of nitrogens with one attached hydrogen (secondary N) is 1. The number of hydrogen-bond acceptors (Lipinski definition) is 3. The topological polar surface area (TPSA) is 55.1 Å². The van der Waals surface area contributed by atoms with E-state index < -0.39 is 0 Å². The zero-order valence-corrected chi connectivity index (χ0v) is 13.1. The van der Waals surface area contributed by atoms with Crippen molar-refractivity contribution in [2.75, 3.05) is 5.32 Å². The highest BCUT2D eigenvalue weighted by Gasteiger charge is 2.25. The molecule has 110 valence electrons. The number of para-hydroxylation sites is 1. The molecule has 0 bridgehead atoms.